The van der Waals surface area contributed by atoms with E-state index in [1.54, 1.807) is 30.1 Å². The lowest BCUT2D eigenvalue weighted by Crippen LogP contribution is -2.08. The standard InChI is InChI=1S/C11H13N3O3S/c1-14-6-5-9(13-14)8-18(15,16)11-4-3-10(17-2)7-12-11/h3-7H,8H2,1-2H3. The number of ether oxygens (including phenoxy) is 1. The van der Waals surface area contributed by atoms with Crippen LogP contribution in [0.25, 0.3) is 0 Å². The third-order valence-electron chi connectivity index (χ3n) is 2.37. The predicted molar refractivity (Wildman–Crippen MR) is 64.9 cm³/mol. The van der Waals surface area contributed by atoms with E-state index in [9.17, 15) is 8.42 Å². The van der Waals surface area contributed by atoms with Crippen molar-refractivity contribution in [3.05, 3.63) is 36.3 Å². The van der Waals surface area contributed by atoms with E-state index in [-0.39, 0.29) is 10.8 Å². The summed E-state index contributed by atoms with van der Waals surface area (Å²) in [5.41, 5.74) is 0.495. The topological polar surface area (TPSA) is 74.1 Å². The van der Waals surface area contributed by atoms with Crippen LogP contribution >= 0.6 is 0 Å². The molecule has 0 amide bonds. The van der Waals surface area contributed by atoms with E-state index in [4.69, 9.17) is 4.74 Å². The number of sulfone groups is 1. The highest BCUT2D eigenvalue weighted by molar-refractivity contribution is 7.90. The molecule has 0 aliphatic carbocycles. The molecule has 96 valence electrons. The first kappa shape index (κ1) is 12.6. The Morgan fingerprint density at radius 1 is 1.33 bits per heavy atom. The average molecular weight is 267 g/mol. The first-order valence-electron chi connectivity index (χ1n) is 5.22. The van der Waals surface area contributed by atoms with Crippen molar-refractivity contribution in [3.63, 3.8) is 0 Å². The number of nitrogens with zero attached hydrogens (tertiary/aromatic N) is 3. The van der Waals surface area contributed by atoms with Gasteiger partial charge in [-0.05, 0) is 18.2 Å². The van der Waals surface area contributed by atoms with Crippen molar-refractivity contribution in [2.24, 2.45) is 7.05 Å². The molecule has 0 bridgehead atoms. The summed E-state index contributed by atoms with van der Waals surface area (Å²) in [6.45, 7) is 0. The van der Waals surface area contributed by atoms with Gasteiger partial charge in [-0.3, -0.25) is 4.68 Å². The fourth-order valence-corrected chi connectivity index (χ4v) is 2.66. The molecule has 0 spiro atoms. The van der Waals surface area contributed by atoms with E-state index in [1.165, 1.54) is 19.4 Å². The number of aromatic nitrogens is 3. The van der Waals surface area contributed by atoms with Gasteiger partial charge in [-0.25, -0.2) is 13.4 Å². The van der Waals surface area contributed by atoms with Crippen LogP contribution < -0.4 is 4.74 Å². The van der Waals surface area contributed by atoms with Gasteiger partial charge in [-0.15, -0.1) is 0 Å². The van der Waals surface area contributed by atoms with Crippen LogP contribution in [0.1, 0.15) is 5.69 Å². The van der Waals surface area contributed by atoms with E-state index in [0.29, 0.717) is 11.4 Å². The molecule has 0 N–H and O–H groups in total. The number of pyridine rings is 1. The lowest BCUT2D eigenvalue weighted by atomic mass is 10.5. The zero-order chi connectivity index (χ0) is 13.2. The van der Waals surface area contributed by atoms with Crippen LogP contribution in [-0.4, -0.2) is 30.3 Å². The minimum atomic E-state index is -3.47. The highest BCUT2D eigenvalue weighted by Crippen LogP contribution is 2.16. The number of hydrogen-bond donors (Lipinski definition) is 0. The average Bonchev–Trinajstić information content (AvgIpc) is 2.74. The zero-order valence-corrected chi connectivity index (χ0v) is 10.9. The van der Waals surface area contributed by atoms with Crippen molar-refractivity contribution < 1.29 is 13.2 Å². The van der Waals surface area contributed by atoms with Gasteiger partial charge in [0.2, 0.25) is 9.84 Å². The van der Waals surface area contributed by atoms with Gasteiger partial charge in [0.25, 0.3) is 0 Å². The normalized spacial score (nSPS) is 11.4. The lowest BCUT2D eigenvalue weighted by molar-refractivity contribution is 0.412. The third kappa shape index (κ3) is 2.67. The maximum atomic E-state index is 12.1. The Bertz CT molecular complexity index is 632. The Morgan fingerprint density at radius 2 is 2.11 bits per heavy atom. The van der Waals surface area contributed by atoms with E-state index >= 15 is 0 Å². The second kappa shape index (κ2) is 4.77. The van der Waals surface area contributed by atoms with Crippen LogP contribution in [0.2, 0.25) is 0 Å². The molecule has 0 radical (unpaired) electrons. The maximum absolute atomic E-state index is 12.1. The summed E-state index contributed by atoms with van der Waals surface area (Å²) in [6.07, 6.45) is 3.08. The van der Waals surface area contributed by atoms with Gasteiger partial charge in [0, 0.05) is 13.2 Å². The minimum Gasteiger partial charge on any atom is -0.495 e. The molecule has 0 saturated carbocycles. The van der Waals surface area contributed by atoms with Gasteiger partial charge in [-0.2, -0.15) is 5.10 Å². The quantitative estimate of drug-likeness (QED) is 0.819. The largest absolute Gasteiger partial charge is 0.495 e. The molecule has 2 heterocycles. The van der Waals surface area contributed by atoms with E-state index < -0.39 is 9.84 Å². The molecule has 2 aromatic heterocycles. The van der Waals surface area contributed by atoms with E-state index in [0.717, 1.165) is 0 Å². The molecule has 0 unspecified atom stereocenters. The first-order valence-corrected chi connectivity index (χ1v) is 6.88. The molecule has 2 rings (SSSR count). The second-order valence-corrected chi connectivity index (χ2v) is 5.71. The molecule has 18 heavy (non-hydrogen) atoms. The van der Waals surface area contributed by atoms with Gasteiger partial charge >= 0.3 is 0 Å². The molecule has 6 nitrogen and oxygen atoms in total. The van der Waals surface area contributed by atoms with Crippen molar-refractivity contribution >= 4 is 9.84 Å². The third-order valence-corrected chi connectivity index (χ3v) is 3.92. The summed E-state index contributed by atoms with van der Waals surface area (Å²) in [5, 5.41) is 4.06. The zero-order valence-electron chi connectivity index (χ0n) is 10.1. The van der Waals surface area contributed by atoms with Crippen LogP contribution in [0, 0.1) is 0 Å². The maximum Gasteiger partial charge on any atom is 0.201 e. The number of aryl methyl sites for hydroxylation is 1. The van der Waals surface area contributed by atoms with E-state index in [2.05, 4.69) is 10.1 Å². The molecule has 2 aromatic rings. The van der Waals surface area contributed by atoms with Crippen molar-refractivity contribution in [1.29, 1.82) is 0 Å². The Balaban J connectivity index is 2.24. The summed E-state index contributed by atoms with van der Waals surface area (Å²) in [6, 6.07) is 4.66. The fraction of sp³-hybridized carbons (Fsp3) is 0.273. The van der Waals surface area contributed by atoms with E-state index in [1.807, 2.05) is 0 Å². The SMILES string of the molecule is COc1ccc(S(=O)(=O)Cc2ccn(C)n2)nc1. The van der Waals surface area contributed by atoms with Crippen molar-refractivity contribution in [2.45, 2.75) is 10.8 Å². The van der Waals surface area contributed by atoms with Crippen molar-refractivity contribution in [2.75, 3.05) is 7.11 Å². The highest BCUT2D eigenvalue weighted by Gasteiger charge is 2.18. The number of rotatable bonds is 4. The number of methoxy groups -OCH3 is 1. The van der Waals surface area contributed by atoms with Gasteiger partial charge in [-0.1, -0.05) is 0 Å². The molecule has 0 aliphatic heterocycles. The smallest absolute Gasteiger partial charge is 0.201 e. The minimum absolute atomic E-state index is 0.0222. The summed E-state index contributed by atoms with van der Waals surface area (Å²) < 4.78 is 30.6. The monoisotopic (exact) mass is 267 g/mol. The highest BCUT2D eigenvalue weighted by atomic mass is 32.2. The fourth-order valence-electron chi connectivity index (χ4n) is 1.48. The molecular weight excluding hydrogens is 254 g/mol. The van der Waals surface area contributed by atoms with Crippen LogP contribution in [0.3, 0.4) is 0 Å². The molecule has 0 atom stereocenters. The molecule has 0 fully saturated rings. The lowest BCUT2D eigenvalue weighted by Gasteiger charge is -2.03. The van der Waals surface area contributed by atoms with Crippen LogP contribution in [0.15, 0.2) is 35.6 Å². The molecule has 0 saturated heterocycles. The summed E-state index contributed by atoms with van der Waals surface area (Å²) in [5.74, 6) is 0.361. The van der Waals surface area contributed by atoms with Gasteiger partial charge in [0.05, 0.1) is 19.0 Å². The predicted octanol–water partition coefficient (Wildman–Crippen LogP) is 0.798. The van der Waals surface area contributed by atoms with Crippen molar-refractivity contribution in [3.8, 4) is 5.75 Å². The molecule has 7 heteroatoms. The van der Waals surface area contributed by atoms with Crippen molar-refractivity contribution in [1.82, 2.24) is 14.8 Å². The van der Waals surface area contributed by atoms with Gasteiger partial charge in [0.15, 0.2) is 5.03 Å². The summed E-state index contributed by atoms with van der Waals surface area (Å²) in [7, 11) is -0.231. The first-order chi connectivity index (χ1) is 8.51. The Kier molecular flexibility index (Phi) is 3.33. The second-order valence-electron chi connectivity index (χ2n) is 3.78. The van der Waals surface area contributed by atoms with Crippen LogP contribution in [0.5, 0.6) is 5.75 Å². The molecular formula is C11H13N3O3S. The van der Waals surface area contributed by atoms with Gasteiger partial charge < -0.3 is 4.74 Å². The molecule has 0 aliphatic rings. The summed E-state index contributed by atoms with van der Waals surface area (Å²) >= 11 is 0. The Morgan fingerprint density at radius 3 is 2.61 bits per heavy atom. The Labute approximate surface area is 105 Å². The summed E-state index contributed by atoms with van der Waals surface area (Å²) in [4.78, 5) is 3.88. The molecule has 0 aromatic carbocycles. The van der Waals surface area contributed by atoms with Gasteiger partial charge in [0.1, 0.15) is 11.5 Å². The van der Waals surface area contributed by atoms with Crippen LogP contribution in [0.4, 0.5) is 0 Å². The number of hydrogen-bond acceptors (Lipinski definition) is 5. The Hall–Kier alpha value is -1.89. The van der Waals surface area contributed by atoms with Crippen LogP contribution in [-0.2, 0) is 22.6 Å².